The van der Waals surface area contributed by atoms with Gasteiger partial charge in [0.2, 0.25) is 5.91 Å². The number of amides is 2. The van der Waals surface area contributed by atoms with E-state index in [0.29, 0.717) is 12.0 Å². The Kier molecular flexibility index (Phi) is 4.88. The van der Waals surface area contributed by atoms with Crippen molar-refractivity contribution in [1.29, 1.82) is 0 Å². The van der Waals surface area contributed by atoms with Gasteiger partial charge in [0, 0.05) is 18.5 Å². The lowest BCUT2D eigenvalue weighted by Crippen LogP contribution is -2.31. The zero-order chi connectivity index (χ0) is 14.6. The number of rotatable bonds is 5. The number of primary amides is 2. The van der Waals surface area contributed by atoms with Gasteiger partial charge in [0.25, 0.3) is 0 Å². The van der Waals surface area contributed by atoms with E-state index in [2.05, 4.69) is 0 Å². The molecule has 6 nitrogen and oxygen atoms in total. The summed E-state index contributed by atoms with van der Waals surface area (Å²) in [6.07, 6.45) is -0.871. The van der Waals surface area contributed by atoms with Crippen LogP contribution in [-0.2, 0) is 11.2 Å². The van der Waals surface area contributed by atoms with Crippen molar-refractivity contribution in [1.82, 2.24) is 0 Å². The lowest BCUT2D eigenvalue weighted by atomic mass is 9.94. The van der Waals surface area contributed by atoms with Crippen molar-refractivity contribution in [3.05, 3.63) is 34.4 Å². The predicted octanol–water partition coefficient (Wildman–Crippen LogP) is 0.367. The molecule has 1 atom stereocenters. The molecular weight excluding hydrogens is 246 g/mol. The van der Waals surface area contributed by atoms with Gasteiger partial charge >= 0.3 is 6.09 Å². The van der Waals surface area contributed by atoms with Gasteiger partial charge in [0.15, 0.2) is 0 Å². The highest BCUT2D eigenvalue weighted by Gasteiger charge is 2.16. The second-order valence-corrected chi connectivity index (χ2v) is 4.45. The number of benzene rings is 1. The first-order valence-corrected chi connectivity index (χ1v) is 5.91. The first kappa shape index (κ1) is 15.0. The van der Waals surface area contributed by atoms with Gasteiger partial charge in [-0.1, -0.05) is 0 Å². The largest absolute Gasteiger partial charge is 0.445 e. The molecule has 1 unspecified atom stereocenters. The molecule has 0 aromatic heterocycles. The van der Waals surface area contributed by atoms with Crippen LogP contribution in [-0.4, -0.2) is 24.6 Å². The Hall–Kier alpha value is -2.08. The summed E-state index contributed by atoms with van der Waals surface area (Å²) in [4.78, 5) is 21.9. The van der Waals surface area contributed by atoms with Gasteiger partial charge in [0.1, 0.15) is 6.10 Å². The van der Waals surface area contributed by atoms with Crippen molar-refractivity contribution in [3.8, 4) is 0 Å². The monoisotopic (exact) mass is 265 g/mol. The van der Waals surface area contributed by atoms with Gasteiger partial charge in [-0.05, 0) is 42.7 Å². The summed E-state index contributed by atoms with van der Waals surface area (Å²) in [5.74, 6) is -0.471. The van der Waals surface area contributed by atoms with Crippen molar-refractivity contribution in [2.24, 2.45) is 17.2 Å². The molecule has 0 aliphatic heterocycles. The molecule has 0 fully saturated rings. The van der Waals surface area contributed by atoms with Crippen LogP contribution in [0.15, 0.2) is 12.1 Å². The van der Waals surface area contributed by atoms with Crippen LogP contribution in [0.3, 0.4) is 0 Å². The third-order valence-electron chi connectivity index (χ3n) is 2.96. The summed E-state index contributed by atoms with van der Waals surface area (Å²) in [5, 5.41) is 0. The summed E-state index contributed by atoms with van der Waals surface area (Å²) < 4.78 is 4.91. The Labute approximate surface area is 111 Å². The van der Waals surface area contributed by atoms with Crippen LogP contribution >= 0.6 is 0 Å². The molecule has 0 spiro atoms. The van der Waals surface area contributed by atoms with Crippen LogP contribution < -0.4 is 17.2 Å². The number of hydrogen-bond acceptors (Lipinski definition) is 4. The van der Waals surface area contributed by atoms with Crippen LogP contribution in [0.2, 0.25) is 0 Å². The van der Waals surface area contributed by atoms with Gasteiger partial charge in [-0.25, -0.2) is 4.79 Å². The summed E-state index contributed by atoms with van der Waals surface area (Å²) in [6, 6.07) is 3.42. The Morgan fingerprint density at radius 2 is 1.74 bits per heavy atom. The van der Waals surface area contributed by atoms with Gasteiger partial charge < -0.3 is 21.9 Å². The Morgan fingerprint density at radius 1 is 1.21 bits per heavy atom. The first-order chi connectivity index (χ1) is 8.85. The number of nitrogens with two attached hydrogens (primary N) is 3. The van der Waals surface area contributed by atoms with E-state index in [1.807, 2.05) is 13.8 Å². The first-order valence-electron chi connectivity index (χ1n) is 5.91. The number of hydrogen-bond donors (Lipinski definition) is 3. The SMILES string of the molecule is Cc1cc(C(N)=O)cc(C)c1CC(CN)OC(N)=O. The number of carbonyl (C=O) groups is 2. The van der Waals surface area contributed by atoms with Crippen LogP contribution in [0.5, 0.6) is 0 Å². The molecule has 0 bridgehead atoms. The minimum Gasteiger partial charge on any atom is -0.445 e. The van der Waals surface area contributed by atoms with Gasteiger partial charge in [-0.15, -0.1) is 0 Å². The summed E-state index contributed by atoms with van der Waals surface area (Å²) in [5.41, 5.74) is 19.0. The predicted molar refractivity (Wildman–Crippen MR) is 71.6 cm³/mol. The lowest BCUT2D eigenvalue weighted by molar-refractivity contribution is 0.1000. The average molecular weight is 265 g/mol. The quantitative estimate of drug-likeness (QED) is 0.711. The Bertz CT molecular complexity index is 477. The molecule has 0 saturated carbocycles. The molecule has 1 aromatic carbocycles. The second kappa shape index (κ2) is 6.19. The van der Waals surface area contributed by atoms with Gasteiger partial charge in [-0.2, -0.15) is 0 Å². The van der Waals surface area contributed by atoms with Crippen LogP contribution in [0, 0.1) is 13.8 Å². The maximum absolute atomic E-state index is 11.2. The fourth-order valence-corrected chi connectivity index (χ4v) is 2.02. The molecule has 6 heteroatoms. The zero-order valence-corrected chi connectivity index (χ0v) is 11.1. The maximum Gasteiger partial charge on any atom is 0.404 e. The Balaban J connectivity index is 3.01. The van der Waals surface area contributed by atoms with E-state index in [9.17, 15) is 9.59 Å². The molecular formula is C13H19N3O3. The molecule has 104 valence electrons. The van der Waals surface area contributed by atoms with Crippen LogP contribution in [0.1, 0.15) is 27.0 Å². The highest BCUT2D eigenvalue weighted by molar-refractivity contribution is 5.93. The van der Waals surface area contributed by atoms with Gasteiger partial charge in [-0.3, -0.25) is 4.79 Å². The van der Waals surface area contributed by atoms with E-state index in [4.69, 9.17) is 21.9 Å². The smallest absolute Gasteiger partial charge is 0.404 e. The van der Waals surface area contributed by atoms with Gasteiger partial charge in [0.05, 0.1) is 0 Å². The standard InChI is InChI=1S/C13H19N3O3/c1-7-3-9(12(15)17)4-8(2)11(7)5-10(6-14)19-13(16)18/h3-4,10H,5-6,14H2,1-2H3,(H2,15,17)(H2,16,18). The lowest BCUT2D eigenvalue weighted by Gasteiger charge is -2.18. The third-order valence-corrected chi connectivity index (χ3v) is 2.96. The van der Waals surface area contributed by atoms with E-state index in [1.165, 1.54) is 0 Å². The third kappa shape index (κ3) is 3.96. The van der Waals surface area contributed by atoms with E-state index < -0.39 is 18.1 Å². The van der Waals surface area contributed by atoms with E-state index in [0.717, 1.165) is 16.7 Å². The van der Waals surface area contributed by atoms with Crippen molar-refractivity contribution in [2.75, 3.05) is 6.54 Å². The van der Waals surface area contributed by atoms with Crippen molar-refractivity contribution < 1.29 is 14.3 Å². The summed E-state index contributed by atoms with van der Waals surface area (Å²) >= 11 is 0. The average Bonchev–Trinajstić information content (AvgIpc) is 2.31. The fourth-order valence-electron chi connectivity index (χ4n) is 2.02. The summed E-state index contributed by atoms with van der Waals surface area (Å²) in [6.45, 7) is 3.92. The highest BCUT2D eigenvalue weighted by Crippen LogP contribution is 2.19. The highest BCUT2D eigenvalue weighted by atomic mass is 16.6. The molecule has 0 aliphatic rings. The second-order valence-electron chi connectivity index (χ2n) is 4.45. The number of ether oxygens (including phenoxy) is 1. The molecule has 0 saturated heterocycles. The minimum absolute atomic E-state index is 0.180. The minimum atomic E-state index is -0.848. The maximum atomic E-state index is 11.2. The van der Waals surface area contributed by atoms with Crippen LogP contribution in [0.25, 0.3) is 0 Å². The van der Waals surface area contributed by atoms with Crippen molar-refractivity contribution >= 4 is 12.0 Å². The topological polar surface area (TPSA) is 121 Å². The summed E-state index contributed by atoms with van der Waals surface area (Å²) in [7, 11) is 0. The zero-order valence-electron chi connectivity index (χ0n) is 11.1. The normalized spacial score (nSPS) is 11.9. The molecule has 2 amide bonds. The molecule has 1 rings (SSSR count). The van der Waals surface area contributed by atoms with E-state index in [1.54, 1.807) is 12.1 Å². The van der Waals surface area contributed by atoms with E-state index in [-0.39, 0.29) is 6.54 Å². The number of aryl methyl sites for hydroxylation is 2. The molecule has 0 heterocycles. The number of carbonyl (C=O) groups excluding carboxylic acids is 2. The van der Waals surface area contributed by atoms with E-state index >= 15 is 0 Å². The van der Waals surface area contributed by atoms with Crippen LogP contribution in [0.4, 0.5) is 4.79 Å². The molecule has 6 N–H and O–H groups in total. The Morgan fingerprint density at radius 3 is 2.11 bits per heavy atom. The molecule has 19 heavy (non-hydrogen) atoms. The fraction of sp³-hybridized carbons (Fsp3) is 0.385. The van der Waals surface area contributed by atoms with Crippen molar-refractivity contribution in [2.45, 2.75) is 26.4 Å². The molecule has 1 aromatic rings. The van der Waals surface area contributed by atoms with Crippen molar-refractivity contribution in [3.63, 3.8) is 0 Å². The molecule has 0 aliphatic carbocycles. The molecule has 0 radical (unpaired) electrons.